The van der Waals surface area contributed by atoms with Crippen LogP contribution < -0.4 is 4.74 Å². The first-order valence-corrected chi connectivity index (χ1v) is 6.51. The largest absolute Gasteiger partial charge is 0.496 e. The van der Waals surface area contributed by atoms with Crippen LogP contribution in [0.3, 0.4) is 0 Å². The van der Waals surface area contributed by atoms with Crippen molar-refractivity contribution in [3.63, 3.8) is 0 Å². The quantitative estimate of drug-likeness (QED) is 0.839. The van der Waals surface area contributed by atoms with Gasteiger partial charge in [-0.05, 0) is 28.1 Å². The molecule has 0 unspecified atom stereocenters. The fraction of sp³-hybridized carbons (Fsp3) is 0.0833. The van der Waals surface area contributed by atoms with Crippen molar-refractivity contribution >= 4 is 44.9 Å². The van der Waals surface area contributed by atoms with Crippen molar-refractivity contribution in [3.8, 4) is 5.75 Å². The third-order valence-corrected chi connectivity index (χ3v) is 4.20. The van der Waals surface area contributed by atoms with Crippen molar-refractivity contribution in [2.24, 2.45) is 0 Å². The molecule has 1 aromatic carbocycles. The molecule has 0 amide bonds. The molecule has 1 aromatic heterocycles. The van der Waals surface area contributed by atoms with Gasteiger partial charge in [-0.1, -0.05) is 35.3 Å². The SMILES string of the molecule is COc1ccccc1C(=O)c1[nH]c(Cl)c(Cl)c1Br. The van der Waals surface area contributed by atoms with Gasteiger partial charge in [0.05, 0.1) is 22.2 Å². The van der Waals surface area contributed by atoms with Crippen LogP contribution in [0.4, 0.5) is 0 Å². The molecule has 0 atom stereocenters. The predicted octanol–water partition coefficient (Wildman–Crippen LogP) is 4.32. The first-order valence-electron chi connectivity index (χ1n) is 4.96. The van der Waals surface area contributed by atoms with Crippen LogP contribution >= 0.6 is 39.1 Å². The number of nitrogens with one attached hydrogen (secondary N) is 1. The minimum atomic E-state index is -0.242. The van der Waals surface area contributed by atoms with E-state index in [1.54, 1.807) is 24.3 Å². The molecule has 0 bridgehead atoms. The standard InChI is InChI=1S/C12H8BrCl2NO2/c1-18-7-5-3-2-4-6(7)11(17)10-8(13)9(14)12(15)16-10/h2-5,16H,1H3. The molecule has 0 saturated carbocycles. The first kappa shape index (κ1) is 13.5. The summed E-state index contributed by atoms with van der Waals surface area (Å²) in [5.41, 5.74) is 0.741. The molecule has 94 valence electrons. The Bertz CT molecular complexity index is 610. The van der Waals surface area contributed by atoms with E-state index in [1.807, 2.05) is 0 Å². The molecule has 0 aliphatic rings. The molecule has 2 aromatic rings. The van der Waals surface area contributed by atoms with E-state index in [-0.39, 0.29) is 16.0 Å². The molecule has 0 saturated heterocycles. The Morgan fingerprint density at radius 1 is 1.33 bits per heavy atom. The second kappa shape index (κ2) is 5.34. The molecule has 6 heteroatoms. The van der Waals surface area contributed by atoms with Crippen LogP contribution in [0.5, 0.6) is 5.75 Å². The van der Waals surface area contributed by atoms with Crippen molar-refractivity contribution < 1.29 is 9.53 Å². The highest BCUT2D eigenvalue weighted by atomic mass is 79.9. The summed E-state index contributed by atoms with van der Waals surface area (Å²) in [7, 11) is 1.51. The predicted molar refractivity (Wildman–Crippen MR) is 74.9 cm³/mol. The van der Waals surface area contributed by atoms with Crippen molar-refractivity contribution in [3.05, 3.63) is 50.2 Å². The normalized spacial score (nSPS) is 10.4. The van der Waals surface area contributed by atoms with E-state index in [2.05, 4.69) is 20.9 Å². The number of H-pyrrole nitrogens is 1. The van der Waals surface area contributed by atoms with Gasteiger partial charge in [0.25, 0.3) is 0 Å². The molecule has 2 rings (SSSR count). The summed E-state index contributed by atoms with van der Waals surface area (Å²) >= 11 is 15.0. The van der Waals surface area contributed by atoms with Gasteiger partial charge in [-0.15, -0.1) is 0 Å². The number of aromatic nitrogens is 1. The summed E-state index contributed by atoms with van der Waals surface area (Å²) in [6, 6.07) is 6.94. The summed E-state index contributed by atoms with van der Waals surface area (Å²) in [6.45, 7) is 0. The second-order valence-corrected chi connectivity index (χ2v) is 5.02. The van der Waals surface area contributed by atoms with Crippen LogP contribution in [0.15, 0.2) is 28.7 Å². The van der Waals surface area contributed by atoms with Gasteiger partial charge in [0.15, 0.2) is 0 Å². The number of ether oxygens (including phenoxy) is 1. The lowest BCUT2D eigenvalue weighted by Gasteiger charge is -2.06. The zero-order chi connectivity index (χ0) is 13.3. The van der Waals surface area contributed by atoms with Gasteiger partial charge >= 0.3 is 0 Å². The lowest BCUT2D eigenvalue weighted by Crippen LogP contribution is -2.04. The van der Waals surface area contributed by atoms with Gasteiger partial charge in [-0.2, -0.15) is 0 Å². The average Bonchev–Trinajstić information content (AvgIpc) is 2.65. The van der Waals surface area contributed by atoms with Crippen LogP contribution in [0, 0.1) is 0 Å². The van der Waals surface area contributed by atoms with Gasteiger partial charge < -0.3 is 9.72 Å². The maximum Gasteiger partial charge on any atom is 0.214 e. The molecular weight excluding hydrogens is 341 g/mol. The molecule has 0 spiro atoms. The number of hydrogen-bond donors (Lipinski definition) is 1. The number of aromatic amines is 1. The number of carbonyl (C=O) groups excluding carboxylic acids is 1. The van der Waals surface area contributed by atoms with Gasteiger partial charge in [0.1, 0.15) is 16.6 Å². The highest BCUT2D eigenvalue weighted by Crippen LogP contribution is 2.35. The Morgan fingerprint density at radius 3 is 2.56 bits per heavy atom. The molecule has 3 nitrogen and oxygen atoms in total. The average molecular weight is 349 g/mol. The number of benzene rings is 1. The van der Waals surface area contributed by atoms with Crippen molar-refractivity contribution in [2.75, 3.05) is 7.11 Å². The van der Waals surface area contributed by atoms with E-state index >= 15 is 0 Å². The summed E-state index contributed by atoms with van der Waals surface area (Å²) < 4.78 is 5.60. The first-order chi connectivity index (χ1) is 8.56. The highest BCUT2D eigenvalue weighted by molar-refractivity contribution is 9.10. The lowest BCUT2D eigenvalue weighted by atomic mass is 10.1. The Kier molecular flexibility index (Phi) is 4.00. The Labute approximate surface area is 122 Å². The molecule has 1 heterocycles. The smallest absolute Gasteiger partial charge is 0.214 e. The fourth-order valence-electron chi connectivity index (χ4n) is 1.55. The van der Waals surface area contributed by atoms with Gasteiger partial charge in [-0.3, -0.25) is 4.79 Å². The van der Waals surface area contributed by atoms with Crippen LogP contribution in [0.2, 0.25) is 10.2 Å². The van der Waals surface area contributed by atoms with E-state index < -0.39 is 0 Å². The molecule has 0 aliphatic carbocycles. The lowest BCUT2D eigenvalue weighted by molar-refractivity contribution is 0.103. The molecule has 0 radical (unpaired) electrons. The monoisotopic (exact) mass is 347 g/mol. The number of para-hydroxylation sites is 1. The maximum absolute atomic E-state index is 12.4. The van der Waals surface area contributed by atoms with E-state index in [9.17, 15) is 4.79 Å². The zero-order valence-electron chi connectivity index (χ0n) is 9.26. The second-order valence-electron chi connectivity index (χ2n) is 3.47. The minimum absolute atomic E-state index is 0.224. The van der Waals surface area contributed by atoms with Crippen molar-refractivity contribution in [1.82, 2.24) is 4.98 Å². The van der Waals surface area contributed by atoms with E-state index in [1.165, 1.54) is 7.11 Å². The van der Waals surface area contributed by atoms with Gasteiger partial charge in [0, 0.05) is 0 Å². The number of methoxy groups -OCH3 is 1. The summed E-state index contributed by atoms with van der Waals surface area (Å²) in [5, 5.41) is 0.511. The maximum atomic E-state index is 12.4. The third-order valence-electron chi connectivity index (χ3n) is 2.42. The van der Waals surface area contributed by atoms with Crippen LogP contribution in [0.25, 0.3) is 0 Å². The minimum Gasteiger partial charge on any atom is -0.496 e. The Hall–Kier alpha value is -0.970. The Morgan fingerprint density at radius 2 is 2.00 bits per heavy atom. The third kappa shape index (κ3) is 2.28. The van der Waals surface area contributed by atoms with Crippen molar-refractivity contribution in [1.29, 1.82) is 0 Å². The number of ketones is 1. The van der Waals surface area contributed by atoms with E-state index in [4.69, 9.17) is 27.9 Å². The topological polar surface area (TPSA) is 42.1 Å². The van der Waals surface area contributed by atoms with Crippen LogP contribution in [-0.4, -0.2) is 17.9 Å². The molecular formula is C12H8BrCl2NO2. The number of hydrogen-bond acceptors (Lipinski definition) is 2. The van der Waals surface area contributed by atoms with E-state index in [0.717, 1.165) is 0 Å². The number of rotatable bonds is 3. The molecule has 1 N–H and O–H groups in total. The Balaban J connectivity index is 2.51. The molecule has 18 heavy (non-hydrogen) atoms. The summed E-state index contributed by atoms with van der Waals surface area (Å²) in [6.07, 6.45) is 0. The van der Waals surface area contributed by atoms with E-state index in [0.29, 0.717) is 21.5 Å². The number of halogens is 3. The van der Waals surface area contributed by atoms with Gasteiger partial charge in [0.2, 0.25) is 5.78 Å². The summed E-state index contributed by atoms with van der Waals surface area (Å²) in [4.78, 5) is 15.1. The molecule has 0 aliphatic heterocycles. The van der Waals surface area contributed by atoms with Gasteiger partial charge in [-0.25, -0.2) is 0 Å². The van der Waals surface area contributed by atoms with Crippen molar-refractivity contribution in [2.45, 2.75) is 0 Å². The van der Waals surface area contributed by atoms with Crippen LogP contribution in [0.1, 0.15) is 16.1 Å². The van der Waals surface area contributed by atoms with Crippen LogP contribution in [-0.2, 0) is 0 Å². The fourth-order valence-corrected chi connectivity index (χ4v) is 2.47. The summed E-state index contributed by atoms with van der Waals surface area (Å²) in [5.74, 6) is 0.254. The molecule has 0 fully saturated rings. The highest BCUT2D eigenvalue weighted by Gasteiger charge is 2.22. The zero-order valence-corrected chi connectivity index (χ0v) is 12.4. The number of carbonyl (C=O) groups is 1.